The minimum atomic E-state index is -0.996. The van der Waals surface area contributed by atoms with Gasteiger partial charge in [-0.1, -0.05) is 32.6 Å². The number of carbonyl (C=O) groups excluding carboxylic acids is 5. The highest BCUT2D eigenvalue weighted by Gasteiger charge is 2.36. The fourth-order valence-corrected chi connectivity index (χ4v) is 5.12. The van der Waals surface area contributed by atoms with Gasteiger partial charge in [-0.3, -0.25) is 19.2 Å². The number of esters is 1. The van der Waals surface area contributed by atoms with Crippen LogP contribution in [0.15, 0.2) is 43.0 Å². The van der Waals surface area contributed by atoms with Crippen LogP contribution in [-0.4, -0.2) is 87.1 Å². The summed E-state index contributed by atoms with van der Waals surface area (Å²) < 4.78 is 20.7. The van der Waals surface area contributed by atoms with Gasteiger partial charge >= 0.3 is 12.1 Å². The number of anilines is 3. The zero-order chi connectivity index (χ0) is 36.2. The van der Waals surface area contributed by atoms with Gasteiger partial charge in [0.1, 0.15) is 18.7 Å². The van der Waals surface area contributed by atoms with Crippen molar-refractivity contribution in [3.63, 3.8) is 0 Å². The van der Waals surface area contributed by atoms with E-state index >= 15 is 0 Å². The number of alkyl carbamates (subject to hydrolysis) is 1. The normalized spacial score (nSPS) is 14.6. The lowest BCUT2D eigenvalue weighted by molar-refractivity contribution is -0.140. The highest BCUT2D eigenvalue weighted by Crippen LogP contribution is 2.38. The third kappa shape index (κ3) is 9.85. The van der Waals surface area contributed by atoms with Crippen LogP contribution in [0.3, 0.4) is 0 Å². The second kappa shape index (κ2) is 17.7. The molecule has 0 bridgehead atoms. The molecule has 3 atom stereocenters. The highest BCUT2D eigenvalue weighted by molar-refractivity contribution is 6.11. The SMILES string of the molecule is C=CCOC(=O)NC(C(=O)NC(C)C(=O)Nc1ccc2c(c1)N(C(=O)c1cc(OC)c(OCCCC(=O)OC)cc1N)[C@H](CO)C2)C(C)C. The number of nitrogens with zero attached hydrogens (tertiary/aromatic N) is 1. The number of methoxy groups -OCH3 is 2. The van der Waals surface area contributed by atoms with Crippen LogP contribution in [0.4, 0.5) is 21.9 Å². The summed E-state index contributed by atoms with van der Waals surface area (Å²) in [5.74, 6) is -1.76. The third-order valence-corrected chi connectivity index (χ3v) is 7.75. The number of nitrogen functional groups attached to an aromatic ring is 1. The molecule has 0 radical (unpaired) electrons. The largest absolute Gasteiger partial charge is 0.493 e. The minimum absolute atomic E-state index is 0.0242. The van der Waals surface area contributed by atoms with Crippen molar-refractivity contribution in [2.75, 3.05) is 50.0 Å². The molecule has 1 aliphatic rings. The number of aliphatic hydroxyl groups excluding tert-OH is 1. The number of carbonyl (C=O) groups is 5. The Morgan fingerprint density at radius 2 is 1.80 bits per heavy atom. The Morgan fingerprint density at radius 3 is 2.43 bits per heavy atom. The summed E-state index contributed by atoms with van der Waals surface area (Å²) in [6.45, 7) is 8.26. The van der Waals surface area contributed by atoms with Gasteiger partial charge in [-0.25, -0.2) is 4.79 Å². The van der Waals surface area contributed by atoms with Crippen molar-refractivity contribution >= 4 is 46.8 Å². The lowest BCUT2D eigenvalue weighted by atomic mass is 10.0. The second-order valence-corrected chi connectivity index (χ2v) is 11.7. The molecule has 6 N–H and O–H groups in total. The van der Waals surface area contributed by atoms with Crippen LogP contribution >= 0.6 is 0 Å². The minimum Gasteiger partial charge on any atom is -0.493 e. The first-order valence-electron chi connectivity index (χ1n) is 15.7. The van der Waals surface area contributed by atoms with E-state index in [2.05, 4.69) is 27.3 Å². The van der Waals surface area contributed by atoms with Crippen LogP contribution in [0.5, 0.6) is 11.5 Å². The molecule has 0 saturated heterocycles. The van der Waals surface area contributed by atoms with E-state index in [1.807, 2.05) is 0 Å². The van der Waals surface area contributed by atoms with E-state index in [1.54, 1.807) is 32.0 Å². The quantitative estimate of drug-likeness (QED) is 0.0752. The van der Waals surface area contributed by atoms with Gasteiger partial charge in [0.2, 0.25) is 11.8 Å². The number of fused-ring (bicyclic) bond motifs is 1. The van der Waals surface area contributed by atoms with Gasteiger partial charge in [0.25, 0.3) is 5.91 Å². The van der Waals surface area contributed by atoms with Gasteiger partial charge in [-0.15, -0.1) is 0 Å². The topological polar surface area (TPSA) is 208 Å². The second-order valence-electron chi connectivity index (χ2n) is 11.7. The van der Waals surface area contributed by atoms with Gasteiger partial charge in [0.15, 0.2) is 11.5 Å². The number of hydrogen-bond acceptors (Lipinski definition) is 11. The standard InChI is InChI=1S/C34H45N5O10/c1-7-12-49-34(45)38-30(19(2)3)32(43)36-20(4)31(42)37-22-11-10-21-14-23(18-40)39(26(21)15-22)33(44)24-16-27(46-5)28(17-25(24)35)48-13-8-9-29(41)47-6/h7,10-11,15-17,19-20,23,30,40H,1,8-9,12-14,18,35H2,2-6H3,(H,36,43)(H,37,42)(H,38,45)/t20?,23-,30?/m0/s1. The van der Waals surface area contributed by atoms with Crippen LogP contribution < -0.4 is 36.1 Å². The zero-order valence-corrected chi connectivity index (χ0v) is 28.4. The molecule has 0 fully saturated rings. The maximum atomic E-state index is 14.0. The first-order chi connectivity index (χ1) is 23.3. The van der Waals surface area contributed by atoms with Gasteiger partial charge < -0.3 is 50.6 Å². The van der Waals surface area contributed by atoms with Crippen LogP contribution in [0, 0.1) is 5.92 Å². The molecule has 0 aliphatic carbocycles. The first-order valence-corrected chi connectivity index (χ1v) is 15.7. The average molecular weight is 684 g/mol. The molecule has 49 heavy (non-hydrogen) atoms. The highest BCUT2D eigenvalue weighted by atomic mass is 16.5. The molecule has 0 saturated carbocycles. The molecule has 3 rings (SSSR count). The Morgan fingerprint density at radius 1 is 1.06 bits per heavy atom. The summed E-state index contributed by atoms with van der Waals surface area (Å²) in [6.07, 6.45) is 1.53. The van der Waals surface area contributed by atoms with Crippen molar-refractivity contribution in [1.82, 2.24) is 10.6 Å². The number of benzene rings is 2. The summed E-state index contributed by atoms with van der Waals surface area (Å²) in [5, 5.41) is 18.1. The fraction of sp³-hybridized carbons (Fsp3) is 0.441. The van der Waals surface area contributed by atoms with Crippen LogP contribution in [0.2, 0.25) is 0 Å². The van der Waals surface area contributed by atoms with Crippen molar-refractivity contribution in [3.8, 4) is 11.5 Å². The van der Waals surface area contributed by atoms with E-state index in [0.29, 0.717) is 24.2 Å². The average Bonchev–Trinajstić information content (AvgIpc) is 3.45. The predicted molar refractivity (Wildman–Crippen MR) is 182 cm³/mol. The maximum Gasteiger partial charge on any atom is 0.408 e. The summed E-state index contributed by atoms with van der Waals surface area (Å²) in [6, 6.07) is 5.36. The van der Waals surface area contributed by atoms with Crippen molar-refractivity contribution in [2.24, 2.45) is 5.92 Å². The summed E-state index contributed by atoms with van der Waals surface area (Å²) >= 11 is 0. The molecule has 266 valence electrons. The Kier molecular flexibility index (Phi) is 13.8. The summed E-state index contributed by atoms with van der Waals surface area (Å²) in [4.78, 5) is 64.8. The lowest BCUT2D eigenvalue weighted by Gasteiger charge is -2.26. The zero-order valence-electron chi connectivity index (χ0n) is 28.4. The molecule has 2 aromatic carbocycles. The Hall–Kier alpha value is -5.31. The molecular formula is C34H45N5O10. The number of rotatable bonds is 16. The van der Waals surface area contributed by atoms with E-state index in [0.717, 1.165) is 5.56 Å². The van der Waals surface area contributed by atoms with Crippen molar-refractivity contribution in [1.29, 1.82) is 0 Å². The first kappa shape index (κ1) is 38.1. The number of aliphatic hydroxyl groups is 1. The number of amides is 4. The molecule has 15 heteroatoms. The molecule has 0 aromatic heterocycles. The number of ether oxygens (including phenoxy) is 4. The van der Waals surface area contributed by atoms with Crippen LogP contribution in [0.1, 0.15) is 49.5 Å². The fourth-order valence-electron chi connectivity index (χ4n) is 5.12. The molecule has 0 spiro atoms. The maximum absolute atomic E-state index is 14.0. The molecule has 1 aliphatic heterocycles. The van der Waals surface area contributed by atoms with E-state index in [1.165, 1.54) is 44.3 Å². The Balaban J connectivity index is 1.76. The van der Waals surface area contributed by atoms with E-state index in [-0.39, 0.29) is 60.9 Å². The van der Waals surface area contributed by atoms with Crippen molar-refractivity contribution in [2.45, 2.75) is 58.2 Å². The van der Waals surface area contributed by atoms with Gasteiger partial charge in [-0.2, -0.15) is 0 Å². The van der Waals surface area contributed by atoms with Crippen LogP contribution in [0.25, 0.3) is 0 Å². The Labute approximate surface area is 285 Å². The smallest absolute Gasteiger partial charge is 0.408 e. The summed E-state index contributed by atoms with van der Waals surface area (Å²) in [5.41, 5.74) is 8.09. The number of hydrogen-bond donors (Lipinski definition) is 5. The van der Waals surface area contributed by atoms with Gasteiger partial charge in [0.05, 0.1) is 39.0 Å². The number of nitrogens with one attached hydrogen (secondary N) is 3. The Bertz CT molecular complexity index is 1550. The van der Waals surface area contributed by atoms with Crippen molar-refractivity contribution in [3.05, 3.63) is 54.1 Å². The van der Waals surface area contributed by atoms with Crippen LogP contribution in [-0.2, 0) is 30.3 Å². The van der Waals surface area contributed by atoms with E-state index in [9.17, 15) is 29.1 Å². The van der Waals surface area contributed by atoms with E-state index in [4.69, 9.17) is 19.9 Å². The number of nitrogens with two attached hydrogens (primary N) is 1. The molecule has 2 unspecified atom stereocenters. The van der Waals surface area contributed by atoms with Crippen molar-refractivity contribution < 1.29 is 48.0 Å². The lowest BCUT2D eigenvalue weighted by Crippen LogP contribution is -2.53. The molecule has 2 aromatic rings. The molecule has 4 amide bonds. The molecule has 1 heterocycles. The molecular weight excluding hydrogens is 638 g/mol. The van der Waals surface area contributed by atoms with E-state index < -0.39 is 41.9 Å². The monoisotopic (exact) mass is 683 g/mol. The van der Waals surface area contributed by atoms with Gasteiger partial charge in [0, 0.05) is 29.5 Å². The third-order valence-electron chi connectivity index (χ3n) is 7.75. The predicted octanol–water partition coefficient (Wildman–Crippen LogP) is 2.55. The summed E-state index contributed by atoms with van der Waals surface area (Å²) in [7, 11) is 2.72. The van der Waals surface area contributed by atoms with Gasteiger partial charge in [-0.05, 0) is 49.4 Å². The molecule has 15 nitrogen and oxygen atoms in total.